The molecule has 1 aliphatic carbocycles. The Morgan fingerprint density at radius 1 is 1.50 bits per heavy atom. The van der Waals surface area contributed by atoms with Gasteiger partial charge in [0.1, 0.15) is 5.82 Å². The molecule has 0 aromatic carbocycles. The van der Waals surface area contributed by atoms with Crippen molar-refractivity contribution in [2.75, 3.05) is 24.2 Å². The third kappa shape index (κ3) is 2.46. The van der Waals surface area contributed by atoms with E-state index in [-0.39, 0.29) is 6.10 Å². The number of aromatic nitrogens is 2. The average molecular weight is 252 g/mol. The van der Waals surface area contributed by atoms with Gasteiger partial charge in [0, 0.05) is 20.6 Å². The number of nitrogens with zero attached hydrogens (tertiary/aromatic N) is 3. The predicted octanol–water partition coefficient (Wildman–Crippen LogP) is 1.16. The fourth-order valence-corrected chi connectivity index (χ4v) is 2.78. The first-order valence-corrected chi connectivity index (χ1v) is 6.73. The Morgan fingerprint density at radius 3 is 2.72 bits per heavy atom. The van der Waals surface area contributed by atoms with E-state index in [1.54, 1.807) is 0 Å². The molecule has 0 radical (unpaired) electrons. The Morgan fingerprint density at radius 2 is 2.17 bits per heavy atom. The molecule has 5 nitrogen and oxygen atoms in total. The van der Waals surface area contributed by atoms with Crippen molar-refractivity contribution in [1.29, 1.82) is 0 Å². The van der Waals surface area contributed by atoms with Crippen LogP contribution in [0, 0.1) is 5.92 Å². The van der Waals surface area contributed by atoms with Gasteiger partial charge >= 0.3 is 0 Å². The van der Waals surface area contributed by atoms with Gasteiger partial charge in [0.2, 0.25) is 0 Å². The van der Waals surface area contributed by atoms with Gasteiger partial charge in [-0.15, -0.1) is 0 Å². The van der Waals surface area contributed by atoms with Crippen LogP contribution in [0.5, 0.6) is 0 Å². The fraction of sp³-hybridized carbons (Fsp3) is 0.769. The summed E-state index contributed by atoms with van der Waals surface area (Å²) in [4.78, 5) is 2.16. The summed E-state index contributed by atoms with van der Waals surface area (Å²) < 4.78 is 1.87. The molecule has 0 saturated heterocycles. The molecule has 0 spiro atoms. The maximum atomic E-state index is 9.32. The molecule has 18 heavy (non-hydrogen) atoms. The van der Waals surface area contributed by atoms with Crippen molar-refractivity contribution >= 4 is 11.5 Å². The molecule has 2 rings (SSSR count). The minimum atomic E-state index is -0.0945. The Bertz CT molecular complexity index is 409. The average Bonchev–Trinajstić information content (AvgIpc) is 2.52. The van der Waals surface area contributed by atoms with Crippen LogP contribution in [0.3, 0.4) is 0 Å². The van der Waals surface area contributed by atoms with Crippen LogP contribution in [0.4, 0.5) is 11.5 Å². The summed E-state index contributed by atoms with van der Waals surface area (Å²) in [7, 11) is 3.99. The largest absolute Gasteiger partial charge is 0.394 e. The number of nitrogen functional groups attached to an aromatic ring is 1. The fourth-order valence-electron chi connectivity index (χ4n) is 2.78. The topological polar surface area (TPSA) is 67.3 Å². The molecule has 1 aliphatic rings. The molecule has 0 unspecified atom stereocenters. The molecular formula is C13H24N4O. The smallest absolute Gasteiger partial charge is 0.150 e. The van der Waals surface area contributed by atoms with Crippen LogP contribution in [0.25, 0.3) is 0 Å². The molecule has 1 aromatic rings. The summed E-state index contributed by atoms with van der Waals surface area (Å²) >= 11 is 0. The minimum absolute atomic E-state index is 0.0945. The third-order valence-corrected chi connectivity index (χ3v) is 3.72. The highest BCUT2D eigenvalue weighted by Crippen LogP contribution is 2.31. The van der Waals surface area contributed by atoms with E-state index in [1.165, 1.54) is 0 Å². The lowest BCUT2D eigenvalue weighted by Crippen LogP contribution is -2.37. The zero-order valence-corrected chi connectivity index (χ0v) is 11.6. The van der Waals surface area contributed by atoms with Crippen LogP contribution in [0.15, 0.2) is 0 Å². The van der Waals surface area contributed by atoms with E-state index in [0.29, 0.717) is 5.92 Å². The monoisotopic (exact) mass is 252 g/mol. The highest BCUT2D eigenvalue weighted by molar-refractivity contribution is 5.66. The van der Waals surface area contributed by atoms with Gasteiger partial charge in [-0.05, 0) is 25.2 Å². The second-order valence-corrected chi connectivity index (χ2v) is 5.43. The van der Waals surface area contributed by atoms with Crippen molar-refractivity contribution in [1.82, 2.24) is 9.78 Å². The zero-order chi connectivity index (χ0) is 13.3. The van der Waals surface area contributed by atoms with Gasteiger partial charge in [0.05, 0.1) is 17.5 Å². The second-order valence-electron chi connectivity index (χ2n) is 5.43. The Labute approximate surface area is 109 Å². The molecule has 1 fully saturated rings. The van der Waals surface area contributed by atoms with Crippen molar-refractivity contribution < 1.29 is 5.11 Å². The number of rotatable bonds is 5. The number of hydrogen-bond acceptors (Lipinski definition) is 4. The Hall–Kier alpha value is -1.23. The normalized spacial score (nSPS) is 22.9. The molecular weight excluding hydrogens is 228 g/mol. The first-order valence-electron chi connectivity index (χ1n) is 6.73. The van der Waals surface area contributed by atoms with Gasteiger partial charge in [-0.2, -0.15) is 5.10 Å². The van der Waals surface area contributed by atoms with Crippen LogP contribution < -0.4 is 10.6 Å². The molecule has 3 N–H and O–H groups in total. The highest BCUT2D eigenvalue weighted by Gasteiger charge is 2.29. The zero-order valence-electron chi connectivity index (χ0n) is 11.6. The molecule has 0 aliphatic heterocycles. The number of aryl methyl sites for hydroxylation is 2. The van der Waals surface area contributed by atoms with Crippen molar-refractivity contribution in [3.63, 3.8) is 0 Å². The van der Waals surface area contributed by atoms with Gasteiger partial charge in [-0.1, -0.05) is 13.3 Å². The molecule has 5 heteroatoms. The summed E-state index contributed by atoms with van der Waals surface area (Å²) in [5.41, 5.74) is 7.98. The SMILES string of the molecule is CCCc1nn(C)c(N(C)CC2CC(O)C2)c1N. The van der Waals surface area contributed by atoms with Crippen molar-refractivity contribution in [3.8, 4) is 0 Å². The lowest BCUT2D eigenvalue weighted by molar-refractivity contribution is 0.0464. The molecule has 102 valence electrons. The quantitative estimate of drug-likeness (QED) is 0.825. The van der Waals surface area contributed by atoms with E-state index in [1.807, 2.05) is 18.8 Å². The van der Waals surface area contributed by atoms with Crippen molar-refractivity contribution in [2.24, 2.45) is 13.0 Å². The summed E-state index contributed by atoms with van der Waals surface area (Å²) in [6, 6.07) is 0. The minimum Gasteiger partial charge on any atom is -0.394 e. The molecule has 1 saturated carbocycles. The van der Waals surface area contributed by atoms with Crippen LogP contribution >= 0.6 is 0 Å². The molecule has 0 atom stereocenters. The maximum absolute atomic E-state index is 9.32. The number of aliphatic hydroxyl groups excluding tert-OH is 1. The van der Waals surface area contributed by atoms with Crippen molar-refractivity contribution in [3.05, 3.63) is 5.69 Å². The number of aliphatic hydroxyl groups is 1. The summed E-state index contributed by atoms with van der Waals surface area (Å²) in [6.45, 7) is 3.07. The Balaban J connectivity index is 2.07. The highest BCUT2D eigenvalue weighted by atomic mass is 16.3. The van der Waals surface area contributed by atoms with Crippen LogP contribution in [-0.4, -0.2) is 34.6 Å². The lowest BCUT2D eigenvalue weighted by Gasteiger charge is -2.35. The standard InChI is InChI=1S/C13H24N4O/c1-4-5-11-12(14)13(17(3)15-11)16(2)8-9-6-10(18)7-9/h9-10,18H,4-8,14H2,1-3H3. The number of hydrogen-bond donors (Lipinski definition) is 2. The van der Waals surface area contributed by atoms with E-state index < -0.39 is 0 Å². The van der Waals surface area contributed by atoms with Crippen LogP contribution in [-0.2, 0) is 13.5 Å². The predicted molar refractivity (Wildman–Crippen MR) is 73.6 cm³/mol. The van der Waals surface area contributed by atoms with Gasteiger partial charge in [0.25, 0.3) is 0 Å². The van der Waals surface area contributed by atoms with Gasteiger partial charge < -0.3 is 15.7 Å². The van der Waals surface area contributed by atoms with Crippen molar-refractivity contribution in [2.45, 2.75) is 38.7 Å². The first-order chi connectivity index (χ1) is 8.52. The third-order valence-electron chi connectivity index (χ3n) is 3.72. The molecule has 1 aromatic heterocycles. The van der Waals surface area contributed by atoms with Crippen LogP contribution in [0.1, 0.15) is 31.9 Å². The maximum Gasteiger partial charge on any atom is 0.150 e. The first kappa shape index (κ1) is 13.2. The van der Waals surface area contributed by atoms with E-state index in [4.69, 9.17) is 5.73 Å². The molecule has 0 bridgehead atoms. The van der Waals surface area contributed by atoms with E-state index in [2.05, 4.69) is 16.9 Å². The van der Waals surface area contributed by atoms with Gasteiger partial charge in [-0.3, -0.25) is 4.68 Å². The van der Waals surface area contributed by atoms with Gasteiger partial charge in [0.15, 0.2) is 0 Å². The summed E-state index contributed by atoms with van der Waals surface area (Å²) in [6.07, 6.45) is 3.70. The molecule has 1 heterocycles. The van der Waals surface area contributed by atoms with Crippen LogP contribution in [0.2, 0.25) is 0 Å². The van der Waals surface area contributed by atoms with Gasteiger partial charge in [-0.25, -0.2) is 0 Å². The van der Waals surface area contributed by atoms with E-state index >= 15 is 0 Å². The number of nitrogens with two attached hydrogens (primary N) is 1. The Kier molecular flexibility index (Phi) is 3.80. The second kappa shape index (κ2) is 5.18. The van der Waals surface area contributed by atoms with E-state index in [0.717, 1.165) is 49.4 Å². The van der Waals surface area contributed by atoms with E-state index in [9.17, 15) is 5.11 Å². The number of anilines is 2. The lowest BCUT2D eigenvalue weighted by atomic mass is 9.82. The summed E-state index contributed by atoms with van der Waals surface area (Å²) in [5, 5.41) is 13.8. The molecule has 0 amide bonds. The summed E-state index contributed by atoms with van der Waals surface area (Å²) in [5.74, 6) is 1.58.